The lowest BCUT2D eigenvalue weighted by atomic mass is 9.91. The van der Waals surface area contributed by atoms with E-state index in [1.54, 1.807) is 6.07 Å². The van der Waals surface area contributed by atoms with Gasteiger partial charge in [0.15, 0.2) is 0 Å². The summed E-state index contributed by atoms with van der Waals surface area (Å²) in [6.07, 6.45) is 5.22. The Morgan fingerprint density at radius 2 is 2.05 bits per heavy atom. The van der Waals surface area contributed by atoms with Crippen molar-refractivity contribution in [1.82, 2.24) is 14.9 Å². The van der Waals surface area contributed by atoms with E-state index in [-0.39, 0.29) is 11.5 Å². The van der Waals surface area contributed by atoms with Crippen LogP contribution in [0.2, 0.25) is 0 Å². The van der Waals surface area contributed by atoms with Crippen LogP contribution in [0.4, 0.5) is 5.82 Å². The van der Waals surface area contributed by atoms with Crippen LogP contribution in [-0.4, -0.2) is 40.5 Å². The van der Waals surface area contributed by atoms with Gasteiger partial charge in [-0.15, -0.1) is 0 Å². The fourth-order valence-corrected chi connectivity index (χ4v) is 3.78. The summed E-state index contributed by atoms with van der Waals surface area (Å²) in [6.45, 7) is 5.00. The molecule has 2 aliphatic rings. The van der Waals surface area contributed by atoms with Crippen LogP contribution < -0.4 is 10.9 Å². The molecule has 0 saturated carbocycles. The smallest absolute Gasteiger partial charge is 0.252 e. The van der Waals surface area contributed by atoms with Crippen LogP contribution in [0.1, 0.15) is 51.3 Å². The maximum atomic E-state index is 11.7. The summed E-state index contributed by atoms with van der Waals surface area (Å²) < 4.78 is 0. The van der Waals surface area contributed by atoms with Gasteiger partial charge in [0.25, 0.3) is 5.56 Å². The Labute approximate surface area is 126 Å². The van der Waals surface area contributed by atoms with Crippen LogP contribution in [0.3, 0.4) is 0 Å². The topological polar surface area (TPSA) is 61.0 Å². The monoisotopic (exact) mass is 290 g/mol. The van der Waals surface area contributed by atoms with Crippen molar-refractivity contribution in [2.75, 3.05) is 18.9 Å². The minimum Gasteiger partial charge on any atom is -0.370 e. The molecule has 5 nitrogen and oxygen atoms in total. The molecule has 2 saturated heterocycles. The maximum absolute atomic E-state index is 11.7. The minimum absolute atomic E-state index is 0.0698. The Balaban J connectivity index is 1.62. The molecule has 2 bridgehead atoms. The van der Waals surface area contributed by atoms with Gasteiger partial charge in [0.05, 0.1) is 0 Å². The van der Waals surface area contributed by atoms with Gasteiger partial charge in [-0.05, 0) is 38.6 Å². The molecule has 2 N–H and O–H groups in total. The first-order chi connectivity index (χ1) is 10.0. The van der Waals surface area contributed by atoms with Gasteiger partial charge in [-0.1, -0.05) is 13.8 Å². The van der Waals surface area contributed by atoms with E-state index < -0.39 is 0 Å². The number of H-pyrrole nitrogens is 1. The Hall–Kier alpha value is -1.36. The lowest BCUT2D eigenvalue weighted by Gasteiger charge is -2.36. The SMILES string of the molecule is CC(C)c1nc(NCC2CC3CCC(C2)N3C)cc(=O)[nH]1. The second-order valence-electron chi connectivity index (χ2n) is 6.94. The average molecular weight is 290 g/mol. The average Bonchev–Trinajstić information content (AvgIpc) is 2.66. The molecule has 1 aromatic heterocycles. The first-order valence-corrected chi connectivity index (χ1v) is 8.10. The lowest BCUT2D eigenvalue weighted by Crippen LogP contribution is -2.41. The molecular formula is C16H26N4O. The van der Waals surface area contributed by atoms with E-state index in [0.29, 0.717) is 11.7 Å². The Morgan fingerprint density at radius 3 is 2.67 bits per heavy atom. The van der Waals surface area contributed by atoms with Gasteiger partial charge in [0, 0.05) is 30.6 Å². The number of piperidine rings is 1. The van der Waals surface area contributed by atoms with Crippen molar-refractivity contribution in [1.29, 1.82) is 0 Å². The number of anilines is 1. The summed E-state index contributed by atoms with van der Waals surface area (Å²) in [4.78, 5) is 21.5. The molecule has 0 aliphatic carbocycles. The second-order valence-corrected chi connectivity index (χ2v) is 6.94. The Morgan fingerprint density at radius 1 is 1.38 bits per heavy atom. The van der Waals surface area contributed by atoms with Crippen molar-refractivity contribution in [2.45, 2.75) is 57.5 Å². The van der Waals surface area contributed by atoms with Gasteiger partial charge in [0.2, 0.25) is 0 Å². The second kappa shape index (κ2) is 5.79. The van der Waals surface area contributed by atoms with Gasteiger partial charge in [-0.2, -0.15) is 0 Å². The number of nitrogens with zero attached hydrogens (tertiary/aromatic N) is 2. The highest BCUT2D eigenvalue weighted by Gasteiger charge is 2.38. The number of fused-ring (bicyclic) bond motifs is 2. The van der Waals surface area contributed by atoms with E-state index in [4.69, 9.17) is 0 Å². The van der Waals surface area contributed by atoms with Crippen LogP contribution in [0.5, 0.6) is 0 Å². The molecule has 2 unspecified atom stereocenters. The third kappa shape index (κ3) is 3.12. The van der Waals surface area contributed by atoms with E-state index in [0.717, 1.165) is 24.5 Å². The van der Waals surface area contributed by atoms with Crippen LogP contribution in [0.25, 0.3) is 0 Å². The zero-order valence-electron chi connectivity index (χ0n) is 13.2. The molecule has 2 aliphatic heterocycles. The number of aromatic nitrogens is 2. The quantitative estimate of drug-likeness (QED) is 0.892. The van der Waals surface area contributed by atoms with E-state index in [1.807, 2.05) is 13.8 Å². The number of hydrogen-bond donors (Lipinski definition) is 2. The van der Waals surface area contributed by atoms with Crippen molar-refractivity contribution >= 4 is 5.82 Å². The summed E-state index contributed by atoms with van der Waals surface area (Å²) in [5.74, 6) is 2.41. The van der Waals surface area contributed by atoms with E-state index in [1.165, 1.54) is 25.7 Å². The van der Waals surface area contributed by atoms with Crippen molar-refractivity contribution in [3.63, 3.8) is 0 Å². The molecule has 5 heteroatoms. The fourth-order valence-electron chi connectivity index (χ4n) is 3.78. The summed E-state index contributed by atoms with van der Waals surface area (Å²) in [5, 5.41) is 3.38. The van der Waals surface area contributed by atoms with Crippen LogP contribution in [-0.2, 0) is 0 Å². The fraction of sp³-hybridized carbons (Fsp3) is 0.750. The molecule has 0 spiro atoms. The van der Waals surface area contributed by atoms with Gasteiger partial charge < -0.3 is 15.2 Å². The predicted octanol–water partition coefficient (Wildman–Crippen LogP) is 2.18. The van der Waals surface area contributed by atoms with Crippen LogP contribution >= 0.6 is 0 Å². The van der Waals surface area contributed by atoms with E-state index in [2.05, 4.69) is 27.2 Å². The van der Waals surface area contributed by atoms with E-state index >= 15 is 0 Å². The summed E-state index contributed by atoms with van der Waals surface area (Å²) in [5.41, 5.74) is -0.0698. The zero-order chi connectivity index (χ0) is 15.0. The highest BCUT2D eigenvalue weighted by molar-refractivity contribution is 5.33. The third-order valence-electron chi connectivity index (χ3n) is 5.07. The number of nitrogens with one attached hydrogen (secondary N) is 2. The van der Waals surface area contributed by atoms with Crippen LogP contribution in [0, 0.1) is 5.92 Å². The standard InChI is InChI=1S/C16H26N4O/c1-10(2)16-18-14(8-15(21)19-16)17-9-11-6-12-4-5-13(7-11)20(12)3/h8,10-13H,4-7,9H2,1-3H3,(H2,17,18,19,21). The van der Waals surface area contributed by atoms with Crippen molar-refractivity contribution in [3.8, 4) is 0 Å². The summed E-state index contributed by atoms with van der Waals surface area (Å²) >= 11 is 0. The largest absolute Gasteiger partial charge is 0.370 e. The molecule has 2 atom stereocenters. The first-order valence-electron chi connectivity index (χ1n) is 8.10. The summed E-state index contributed by atoms with van der Waals surface area (Å²) in [7, 11) is 2.26. The lowest BCUT2D eigenvalue weighted by molar-refractivity contribution is 0.139. The molecule has 3 heterocycles. The van der Waals surface area contributed by atoms with E-state index in [9.17, 15) is 4.79 Å². The van der Waals surface area contributed by atoms with Gasteiger partial charge in [-0.3, -0.25) is 4.79 Å². The Kier molecular flexibility index (Phi) is 4.02. The number of rotatable bonds is 4. The molecule has 21 heavy (non-hydrogen) atoms. The van der Waals surface area contributed by atoms with Gasteiger partial charge in [-0.25, -0.2) is 4.98 Å². The first kappa shape index (κ1) is 14.6. The van der Waals surface area contributed by atoms with Crippen molar-refractivity contribution in [2.24, 2.45) is 5.92 Å². The summed E-state index contributed by atoms with van der Waals surface area (Å²) in [6, 6.07) is 3.08. The number of hydrogen-bond acceptors (Lipinski definition) is 4. The predicted molar refractivity (Wildman–Crippen MR) is 84.7 cm³/mol. The molecule has 1 aromatic rings. The van der Waals surface area contributed by atoms with Gasteiger partial charge >= 0.3 is 0 Å². The van der Waals surface area contributed by atoms with Crippen molar-refractivity contribution in [3.05, 3.63) is 22.2 Å². The molecular weight excluding hydrogens is 264 g/mol. The van der Waals surface area contributed by atoms with Crippen molar-refractivity contribution < 1.29 is 0 Å². The minimum atomic E-state index is -0.0698. The zero-order valence-corrected chi connectivity index (χ0v) is 13.2. The third-order valence-corrected chi connectivity index (χ3v) is 5.07. The highest BCUT2D eigenvalue weighted by Crippen LogP contribution is 2.37. The van der Waals surface area contributed by atoms with Crippen LogP contribution in [0.15, 0.2) is 10.9 Å². The normalized spacial score (nSPS) is 29.0. The molecule has 0 aromatic carbocycles. The maximum Gasteiger partial charge on any atom is 0.252 e. The number of aromatic amines is 1. The molecule has 2 fully saturated rings. The molecule has 0 radical (unpaired) electrons. The molecule has 0 amide bonds. The molecule has 3 rings (SSSR count). The highest BCUT2D eigenvalue weighted by atomic mass is 16.1. The molecule has 116 valence electrons. The van der Waals surface area contributed by atoms with Gasteiger partial charge in [0.1, 0.15) is 11.6 Å². The Bertz CT molecular complexity index is 539.